The largest absolute Gasteiger partial charge is 0.299 e. The second-order valence-electron chi connectivity index (χ2n) is 6.38. The quantitative estimate of drug-likeness (QED) is 0.574. The Hall–Kier alpha value is -0.530. The number of hydrogen-bond donors (Lipinski definition) is 0. The highest BCUT2D eigenvalue weighted by molar-refractivity contribution is 7.13. The summed E-state index contributed by atoms with van der Waals surface area (Å²) in [6.45, 7) is 10.6. The van der Waals surface area contributed by atoms with Crippen molar-refractivity contribution in [1.29, 1.82) is 0 Å². The van der Waals surface area contributed by atoms with Gasteiger partial charge in [0.1, 0.15) is 5.78 Å². The lowest BCUT2D eigenvalue weighted by Gasteiger charge is -2.24. The van der Waals surface area contributed by atoms with E-state index in [1.54, 1.807) is 6.92 Å². The topological polar surface area (TPSA) is 37.4 Å². The minimum absolute atomic E-state index is 0.0534. The first-order valence-corrected chi connectivity index (χ1v) is 7.52. The van der Waals surface area contributed by atoms with Gasteiger partial charge in [-0.2, -0.15) is 0 Å². The highest BCUT2D eigenvalue weighted by Gasteiger charge is 2.58. The van der Waals surface area contributed by atoms with Gasteiger partial charge in [-0.25, -0.2) is 0 Å². The molecule has 0 N–H and O–H groups in total. The molecule has 0 amide bonds. The Labute approximate surface area is 118 Å². The molecule has 0 spiro atoms. The molecule has 6 atom stereocenters. The first-order valence-electron chi connectivity index (χ1n) is 7.01. The Morgan fingerprint density at radius 3 is 2.47 bits per heavy atom. The number of nitrogens with zero attached hydrogens (tertiary/aromatic N) is 1. The van der Waals surface area contributed by atoms with Gasteiger partial charge in [0.2, 0.25) is 0 Å². The van der Waals surface area contributed by atoms with E-state index in [-0.39, 0.29) is 23.5 Å². The standard InChI is InChI=1S/C15H24NO2P/c1-5-12-6-15(12,11(4)17)7-13(18)14-10(3)9(2)8-16(14)19/h5,9-10,12,14H,1,6-8,19H2,2-4H3/t9-,10?,12+,14-,15-/m0/s1. The normalized spacial score (nSPS) is 42.1. The number of allylic oxidation sites excluding steroid dienone is 1. The molecular weight excluding hydrogens is 257 g/mol. The van der Waals surface area contributed by atoms with Crippen molar-refractivity contribution in [1.82, 2.24) is 4.67 Å². The van der Waals surface area contributed by atoms with Crippen molar-refractivity contribution in [3.8, 4) is 0 Å². The smallest absolute Gasteiger partial charge is 0.151 e. The summed E-state index contributed by atoms with van der Waals surface area (Å²) in [6.07, 6.45) is 3.00. The van der Waals surface area contributed by atoms with Crippen molar-refractivity contribution < 1.29 is 9.59 Å². The predicted molar refractivity (Wildman–Crippen MR) is 79.6 cm³/mol. The summed E-state index contributed by atoms with van der Waals surface area (Å²) in [6, 6.07) is -0.0534. The maximum absolute atomic E-state index is 12.6. The van der Waals surface area contributed by atoms with Crippen molar-refractivity contribution in [3.05, 3.63) is 12.7 Å². The van der Waals surface area contributed by atoms with Gasteiger partial charge < -0.3 is 0 Å². The van der Waals surface area contributed by atoms with Gasteiger partial charge in [0.25, 0.3) is 0 Å². The molecule has 0 radical (unpaired) electrons. The number of ketones is 2. The predicted octanol–water partition coefficient (Wildman–Crippen LogP) is 2.47. The van der Waals surface area contributed by atoms with Crippen LogP contribution in [0.15, 0.2) is 12.7 Å². The van der Waals surface area contributed by atoms with E-state index in [1.807, 2.05) is 6.08 Å². The van der Waals surface area contributed by atoms with Crippen LogP contribution in [0.3, 0.4) is 0 Å². The van der Waals surface area contributed by atoms with Crippen LogP contribution >= 0.6 is 9.39 Å². The molecule has 2 rings (SSSR count). The summed E-state index contributed by atoms with van der Waals surface area (Å²) in [5.41, 5.74) is -0.435. The van der Waals surface area contributed by atoms with E-state index >= 15 is 0 Å². The summed E-state index contributed by atoms with van der Waals surface area (Å²) in [4.78, 5) is 24.4. The minimum Gasteiger partial charge on any atom is -0.299 e. The summed E-state index contributed by atoms with van der Waals surface area (Å²) in [5.74, 6) is 1.43. The molecule has 19 heavy (non-hydrogen) atoms. The average molecular weight is 281 g/mol. The Morgan fingerprint density at radius 1 is 1.47 bits per heavy atom. The summed E-state index contributed by atoms with van der Waals surface area (Å²) in [5, 5.41) is 0. The SMILES string of the molecule is C=C[C@@H]1C[C@]1(CC(=O)[C@@H]1C(C)[C@@H](C)CN1P)C(C)=O. The monoisotopic (exact) mass is 281 g/mol. The van der Waals surface area contributed by atoms with Crippen LogP contribution in [0, 0.1) is 23.2 Å². The zero-order valence-corrected chi connectivity index (χ0v) is 13.2. The highest BCUT2D eigenvalue weighted by Crippen LogP contribution is 2.57. The van der Waals surface area contributed by atoms with Crippen LogP contribution in [0.25, 0.3) is 0 Å². The van der Waals surface area contributed by atoms with Crippen molar-refractivity contribution in [2.45, 2.75) is 39.7 Å². The van der Waals surface area contributed by atoms with E-state index < -0.39 is 5.41 Å². The Morgan fingerprint density at radius 2 is 2.11 bits per heavy atom. The van der Waals surface area contributed by atoms with Crippen LogP contribution in [-0.2, 0) is 9.59 Å². The third-order valence-electron chi connectivity index (χ3n) is 5.19. The maximum Gasteiger partial charge on any atom is 0.151 e. The number of hydrogen-bond acceptors (Lipinski definition) is 3. The molecule has 1 saturated heterocycles. The fourth-order valence-corrected chi connectivity index (χ4v) is 4.26. The lowest BCUT2D eigenvalue weighted by atomic mass is 9.85. The lowest BCUT2D eigenvalue weighted by molar-refractivity contribution is -0.130. The van der Waals surface area contributed by atoms with Crippen LogP contribution in [0.2, 0.25) is 0 Å². The molecule has 2 fully saturated rings. The third kappa shape index (κ3) is 2.43. The van der Waals surface area contributed by atoms with Crippen molar-refractivity contribution in [3.63, 3.8) is 0 Å². The Bertz CT molecular complexity index is 422. The maximum atomic E-state index is 12.6. The first kappa shape index (κ1) is 14.9. The molecule has 0 aromatic rings. The molecule has 2 aliphatic rings. The van der Waals surface area contributed by atoms with E-state index in [1.165, 1.54) is 0 Å². The van der Waals surface area contributed by atoms with Crippen LogP contribution in [0.5, 0.6) is 0 Å². The molecule has 0 bridgehead atoms. The van der Waals surface area contributed by atoms with Gasteiger partial charge in [0, 0.05) is 18.4 Å². The van der Waals surface area contributed by atoms with Crippen molar-refractivity contribution in [2.24, 2.45) is 23.2 Å². The molecule has 1 saturated carbocycles. The van der Waals surface area contributed by atoms with Gasteiger partial charge in [-0.1, -0.05) is 29.3 Å². The third-order valence-corrected chi connectivity index (χ3v) is 5.72. The van der Waals surface area contributed by atoms with E-state index in [4.69, 9.17) is 0 Å². The Kier molecular flexibility index (Phi) is 3.99. The number of rotatable bonds is 5. The molecule has 2 unspecified atom stereocenters. The van der Waals surface area contributed by atoms with Crippen LogP contribution in [-0.4, -0.2) is 28.8 Å². The van der Waals surface area contributed by atoms with Crippen molar-refractivity contribution >= 4 is 21.0 Å². The lowest BCUT2D eigenvalue weighted by Crippen LogP contribution is -2.36. The number of carbonyl (C=O) groups excluding carboxylic acids is 2. The van der Waals surface area contributed by atoms with Gasteiger partial charge in [0.05, 0.1) is 6.04 Å². The van der Waals surface area contributed by atoms with E-state index in [0.717, 1.165) is 13.0 Å². The zero-order chi connectivity index (χ0) is 14.4. The zero-order valence-electron chi connectivity index (χ0n) is 12.1. The van der Waals surface area contributed by atoms with Gasteiger partial charge in [0.15, 0.2) is 5.78 Å². The fraction of sp³-hybridized carbons (Fsp3) is 0.733. The van der Waals surface area contributed by atoms with Crippen LogP contribution in [0.1, 0.15) is 33.6 Å². The van der Waals surface area contributed by atoms with Gasteiger partial charge in [-0.3, -0.25) is 14.3 Å². The second kappa shape index (κ2) is 5.10. The van der Waals surface area contributed by atoms with Gasteiger partial charge in [-0.05, 0) is 31.1 Å². The molecule has 4 heteroatoms. The van der Waals surface area contributed by atoms with Crippen molar-refractivity contribution in [2.75, 3.05) is 6.54 Å². The summed E-state index contributed by atoms with van der Waals surface area (Å²) < 4.78 is 2.07. The van der Waals surface area contributed by atoms with Crippen LogP contribution < -0.4 is 0 Å². The van der Waals surface area contributed by atoms with E-state index in [9.17, 15) is 9.59 Å². The summed E-state index contributed by atoms with van der Waals surface area (Å²) in [7, 11) is 2.67. The summed E-state index contributed by atoms with van der Waals surface area (Å²) >= 11 is 0. The molecular formula is C15H24NO2P. The number of carbonyl (C=O) groups is 2. The Balaban J connectivity index is 2.09. The molecule has 1 heterocycles. The van der Waals surface area contributed by atoms with E-state index in [0.29, 0.717) is 18.3 Å². The minimum atomic E-state index is -0.435. The second-order valence-corrected chi connectivity index (χ2v) is 7.04. The average Bonchev–Trinajstić information content (AvgIpc) is 2.97. The molecule has 1 aliphatic heterocycles. The highest BCUT2D eigenvalue weighted by atomic mass is 31.0. The molecule has 0 aromatic carbocycles. The number of Topliss-reactive ketones (excluding diaryl/α,β-unsaturated/α-hetero) is 2. The molecule has 0 aromatic heterocycles. The fourth-order valence-electron chi connectivity index (χ4n) is 3.49. The van der Waals surface area contributed by atoms with Gasteiger partial charge in [-0.15, -0.1) is 6.58 Å². The molecule has 1 aliphatic carbocycles. The molecule has 106 valence electrons. The van der Waals surface area contributed by atoms with Gasteiger partial charge >= 0.3 is 0 Å². The molecule has 3 nitrogen and oxygen atoms in total. The van der Waals surface area contributed by atoms with Crippen LogP contribution in [0.4, 0.5) is 0 Å². The van der Waals surface area contributed by atoms with E-state index in [2.05, 4.69) is 34.5 Å². The first-order chi connectivity index (χ1) is 8.83.